The second-order valence-corrected chi connectivity index (χ2v) is 5.54. The van der Waals surface area contributed by atoms with Crippen LogP contribution in [-0.4, -0.2) is 10.5 Å². The fourth-order valence-electron chi connectivity index (χ4n) is 1.35. The van der Waals surface area contributed by atoms with Gasteiger partial charge in [0.25, 0.3) is 0 Å². The molecule has 0 aliphatic heterocycles. The van der Waals surface area contributed by atoms with Crippen molar-refractivity contribution < 1.29 is 4.42 Å². The van der Waals surface area contributed by atoms with E-state index in [0.29, 0.717) is 12.5 Å². The van der Waals surface area contributed by atoms with Gasteiger partial charge in [0.2, 0.25) is 5.89 Å². The molecule has 1 aromatic rings. The summed E-state index contributed by atoms with van der Waals surface area (Å²) in [7, 11) is 0. The van der Waals surface area contributed by atoms with Crippen LogP contribution < -0.4 is 5.32 Å². The Labute approximate surface area is 98.6 Å². The molecule has 1 aromatic heterocycles. The number of aromatic nitrogens is 1. The van der Waals surface area contributed by atoms with E-state index in [-0.39, 0.29) is 5.54 Å². The predicted molar refractivity (Wildman–Crippen MR) is 66.3 cm³/mol. The van der Waals surface area contributed by atoms with Crippen LogP contribution >= 0.6 is 0 Å². The van der Waals surface area contributed by atoms with Crippen LogP contribution in [0.4, 0.5) is 0 Å². The van der Waals surface area contributed by atoms with Gasteiger partial charge < -0.3 is 9.73 Å². The molecule has 0 fully saturated rings. The van der Waals surface area contributed by atoms with E-state index in [1.54, 1.807) is 0 Å². The van der Waals surface area contributed by atoms with Gasteiger partial charge in [-0.25, -0.2) is 4.98 Å². The summed E-state index contributed by atoms with van der Waals surface area (Å²) in [5.74, 6) is 2.45. The third-order valence-corrected chi connectivity index (χ3v) is 2.62. The van der Waals surface area contributed by atoms with Gasteiger partial charge in [-0.15, -0.1) is 0 Å². The SMILES string of the molecule is CCC(C)Cc1cnc(CNC(C)(C)C)o1. The minimum atomic E-state index is 0.103. The van der Waals surface area contributed by atoms with E-state index in [4.69, 9.17) is 4.42 Å². The molecule has 1 atom stereocenters. The number of hydrogen-bond acceptors (Lipinski definition) is 3. The maximum absolute atomic E-state index is 5.68. The summed E-state index contributed by atoms with van der Waals surface area (Å²) in [4.78, 5) is 4.28. The lowest BCUT2D eigenvalue weighted by Gasteiger charge is -2.18. The number of nitrogens with one attached hydrogen (secondary N) is 1. The Morgan fingerprint density at radius 2 is 2.12 bits per heavy atom. The molecule has 92 valence electrons. The summed E-state index contributed by atoms with van der Waals surface area (Å²) in [6.45, 7) is 11.5. The zero-order chi connectivity index (χ0) is 12.2. The topological polar surface area (TPSA) is 38.1 Å². The molecule has 1 N–H and O–H groups in total. The van der Waals surface area contributed by atoms with Crippen LogP contribution in [0, 0.1) is 5.92 Å². The Kier molecular flexibility index (Phi) is 4.54. The Balaban J connectivity index is 2.45. The lowest BCUT2D eigenvalue weighted by atomic mass is 10.0. The summed E-state index contributed by atoms with van der Waals surface area (Å²) < 4.78 is 5.68. The Bertz CT molecular complexity index is 312. The zero-order valence-corrected chi connectivity index (χ0v) is 11.1. The van der Waals surface area contributed by atoms with Gasteiger partial charge in [-0.05, 0) is 26.7 Å². The summed E-state index contributed by atoms with van der Waals surface area (Å²) >= 11 is 0. The van der Waals surface area contributed by atoms with Crippen molar-refractivity contribution in [3.05, 3.63) is 17.8 Å². The Hall–Kier alpha value is -0.830. The van der Waals surface area contributed by atoms with Crippen LogP contribution in [0.25, 0.3) is 0 Å². The average molecular weight is 224 g/mol. The molecule has 1 heterocycles. The lowest BCUT2D eigenvalue weighted by molar-refractivity contribution is 0.363. The fourth-order valence-corrected chi connectivity index (χ4v) is 1.35. The quantitative estimate of drug-likeness (QED) is 0.835. The van der Waals surface area contributed by atoms with Crippen LogP contribution in [0.3, 0.4) is 0 Å². The van der Waals surface area contributed by atoms with Gasteiger partial charge in [0, 0.05) is 12.0 Å². The van der Waals surface area contributed by atoms with Gasteiger partial charge in [0.1, 0.15) is 5.76 Å². The molecule has 0 aliphatic rings. The first-order valence-electron chi connectivity index (χ1n) is 6.09. The highest BCUT2D eigenvalue weighted by Gasteiger charge is 2.12. The molecule has 0 amide bonds. The van der Waals surface area contributed by atoms with Crippen molar-refractivity contribution in [3.63, 3.8) is 0 Å². The number of rotatable bonds is 5. The van der Waals surface area contributed by atoms with E-state index >= 15 is 0 Å². The summed E-state index contributed by atoms with van der Waals surface area (Å²) in [6, 6.07) is 0. The molecule has 16 heavy (non-hydrogen) atoms. The highest BCUT2D eigenvalue weighted by atomic mass is 16.4. The van der Waals surface area contributed by atoms with Crippen molar-refractivity contribution >= 4 is 0 Å². The van der Waals surface area contributed by atoms with E-state index < -0.39 is 0 Å². The van der Waals surface area contributed by atoms with Gasteiger partial charge in [-0.1, -0.05) is 20.3 Å². The fraction of sp³-hybridized carbons (Fsp3) is 0.769. The molecule has 1 unspecified atom stereocenters. The van der Waals surface area contributed by atoms with Crippen molar-refractivity contribution in [2.45, 2.75) is 59.5 Å². The number of hydrogen-bond donors (Lipinski definition) is 1. The summed E-state index contributed by atoms with van der Waals surface area (Å²) in [5, 5.41) is 3.36. The van der Waals surface area contributed by atoms with Crippen LogP contribution in [0.2, 0.25) is 0 Å². The van der Waals surface area contributed by atoms with Gasteiger partial charge in [-0.2, -0.15) is 0 Å². The van der Waals surface area contributed by atoms with E-state index in [2.05, 4.69) is 44.9 Å². The molecule has 1 rings (SSSR count). The second kappa shape index (κ2) is 5.48. The third-order valence-electron chi connectivity index (χ3n) is 2.62. The van der Waals surface area contributed by atoms with Crippen molar-refractivity contribution in [2.24, 2.45) is 5.92 Å². The molecule has 0 aromatic carbocycles. The van der Waals surface area contributed by atoms with Crippen LogP contribution in [0.1, 0.15) is 52.7 Å². The third kappa shape index (κ3) is 4.79. The standard InChI is InChI=1S/C13H24N2O/c1-6-10(2)7-11-8-14-12(16-11)9-15-13(3,4)5/h8,10,15H,6-7,9H2,1-5H3. The maximum Gasteiger partial charge on any atom is 0.208 e. The zero-order valence-electron chi connectivity index (χ0n) is 11.1. The van der Waals surface area contributed by atoms with Crippen molar-refractivity contribution in [3.8, 4) is 0 Å². The molecular formula is C13H24N2O. The Morgan fingerprint density at radius 1 is 1.44 bits per heavy atom. The second-order valence-electron chi connectivity index (χ2n) is 5.54. The molecular weight excluding hydrogens is 200 g/mol. The summed E-state index contributed by atoms with van der Waals surface area (Å²) in [6.07, 6.45) is 4.02. The van der Waals surface area contributed by atoms with Crippen LogP contribution in [0.5, 0.6) is 0 Å². The monoisotopic (exact) mass is 224 g/mol. The van der Waals surface area contributed by atoms with Gasteiger partial charge >= 0.3 is 0 Å². The van der Waals surface area contributed by atoms with E-state index in [1.807, 2.05) is 6.20 Å². The molecule has 0 radical (unpaired) electrons. The molecule has 0 spiro atoms. The van der Waals surface area contributed by atoms with E-state index in [0.717, 1.165) is 18.1 Å². The molecule has 0 aliphatic carbocycles. The first-order valence-corrected chi connectivity index (χ1v) is 6.09. The Morgan fingerprint density at radius 3 is 2.69 bits per heavy atom. The minimum Gasteiger partial charge on any atom is -0.444 e. The molecule has 0 bridgehead atoms. The lowest BCUT2D eigenvalue weighted by Crippen LogP contribution is -2.35. The van der Waals surface area contributed by atoms with Crippen molar-refractivity contribution in [1.29, 1.82) is 0 Å². The number of nitrogens with zero attached hydrogens (tertiary/aromatic N) is 1. The number of oxazole rings is 1. The molecule has 0 saturated heterocycles. The molecule has 0 saturated carbocycles. The molecule has 3 nitrogen and oxygen atoms in total. The maximum atomic E-state index is 5.68. The largest absolute Gasteiger partial charge is 0.444 e. The van der Waals surface area contributed by atoms with E-state index in [9.17, 15) is 0 Å². The van der Waals surface area contributed by atoms with E-state index in [1.165, 1.54) is 6.42 Å². The summed E-state index contributed by atoms with van der Waals surface area (Å²) in [5.41, 5.74) is 0.103. The first kappa shape index (κ1) is 13.2. The molecule has 3 heteroatoms. The van der Waals surface area contributed by atoms with Crippen LogP contribution in [-0.2, 0) is 13.0 Å². The normalized spacial score (nSPS) is 14.1. The minimum absolute atomic E-state index is 0.103. The highest BCUT2D eigenvalue weighted by Crippen LogP contribution is 2.13. The first-order chi connectivity index (χ1) is 7.40. The van der Waals surface area contributed by atoms with Gasteiger partial charge in [0.05, 0.1) is 12.7 Å². The van der Waals surface area contributed by atoms with Crippen molar-refractivity contribution in [2.75, 3.05) is 0 Å². The predicted octanol–water partition coefficient (Wildman–Crippen LogP) is 3.15. The smallest absolute Gasteiger partial charge is 0.208 e. The highest BCUT2D eigenvalue weighted by molar-refractivity contribution is 4.95. The van der Waals surface area contributed by atoms with Gasteiger partial charge in [0.15, 0.2) is 0 Å². The average Bonchev–Trinajstić information content (AvgIpc) is 2.61. The van der Waals surface area contributed by atoms with Crippen molar-refractivity contribution in [1.82, 2.24) is 10.3 Å². The van der Waals surface area contributed by atoms with Crippen LogP contribution in [0.15, 0.2) is 10.6 Å². The van der Waals surface area contributed by atoms with Gasteiger partial charge in [-0.3, -0.25) is 0 Å².